The summed E-state index contributed by atoms with van der Waals surface area (Å²) in [6, 6.07) is 3.07. The van der Waals surface area contributed by atoms with Crippen LogP contribution in [0.25, 0.3) is 22.6 Å². The van der Waals surface area contributed by atoms with E-state index in [9.17, 15) is 14.5 Å². The molecule has 13 heteroatoms. The zero-order valence-corrected chi connectivity index (χ0v) is 19.9. The molecule has 0 spiro atoms. The Labute approximate surface area is 203 Å². The smallest absolute Gasteiger partial charge is 0.295 e. The highest BCUT2D eigenvalue weighted by molar-refractivity contribution is 7.89. The summed E-state index contributed by atoms with van der Waals surface area (Å²) < 4.78 is 12.9. The molecule has 0 bridgehead atoms. The van der Waals surface area contributed by atoms with Crippen LogP contribution < -0.4 is 16.0 Å². The Hall–Kier alpha value is -3.68. The van der Waals surface area contributed by atoms with E-state index in [2.05, 4.69) is 35.2 Å². The van der Waals surface area contributed by atoms with E-state index in [1.807, 2.05) is 13.8 Å². The van der Waals surface area contributed by atoms with Gasteiger partial charge in [-0.3, -0.25) is 14.3 Å². The highest BCUT2D eigenvalue weighted by atomic mass is 32.2. The lowest BCUT2D eigenvalue weighted by Crippen LogP contribution is -2.27. The molecule has 5 rings (SSSR count). The number of anilines is 1. The van der Waals surface area contributed by atoms with E-state index in [0.717, 1.165) is 12.8 Å². The Balaban J connectivity index is 1.53. The van der Waals surface area contributed by atoms with Crippen molar-refractivity contribution in [3.05, 3.63) is 52.6 Å². The minimum absolute atomic E-state index is 0.125. The van der Waals surface area contributed by atoms with E-state index >= 15 is 0 Å². The molecule has 12 nitrogen and oxygen atoms in total. The first-order valence-electron chi connectivity index (χ1n) is 11.0. The summed E-state index contributed by atoms with van der Waals surface area (Å²) >= 11 is -1.61. The van der Waals surface area contributed by atoms with E-state index in [4.69, 9.17) is 5.14 Å². The first-order valence-corrected chi connectivity index (χ1v) is 12.2. The van der Waals surface area contributed by atoms with Gasteiger partial charge in [0.25, 0.3) is 5.56 Å². The third-order valence-electron chi connectivity index (χ3n) is 5.66. The van der Waals surface area contributed by atoms with Gasteiger partial charge >= 0.3 is 0 Å². The monoisotopic (exact) mass is 493 g/mol. The van der Waals surface area contributed by atoms with E-state index in [-0.39, 0.29) is 41.6 Å². The molecule has 0 amide bonds. The molecule has 1 atom stereocenters. The zero-order valence-electron chi connectivity index (χ0n) is 19.0. The van der Waals surface area contributed by atoms with Crippen LogP contribution in [0.4, 0.5) is 5.82 Å². The van der Waals surface area contributed by atoms with Crippen molar-refractivity contribution in [1.82, 2.24) is 34.5 Å². The molecule has 1 fully saturated rings. The lowest BCUT2D eigenvalue weighted by molar-refractivity contribution is 0.452. The van der Waals surface area contributed by atoms with Gasteiger partial charge in [0.15, 0.2) is 22.2 Å². The van der Waals surface area contributed by atoms with Crippen molar-refractivity contribution >= 4 is 28.3 Å². The number of hydrogen-bond acceptors (Lipinski definition) is 11. The Kier molecular flexibility index (Phi) is 6.05. The van der Waals surface area contributed by atoms with Gasteiger partial charge in [0.05, 0.1) is 41.7 Å². The first-order chi connectivity index (χ1) is 16.8. The Bertz CT molecular complexity index is 1450. The van der Waals surface area contributed by atoms with Crippen molar-refractivity contribution in [1.29, 1.82) is 0 Å². The van der Waals surface area contributed by atoms with Crippen LogP contribution in [0.5, 0.6) is 5.88 Å². The highest BCUT2D eigenvalue weighted by Crippen LogP contribution is 2.44. The summed E-state index contributed by atoms with van der Waals surface area (Å²) in [5.41, 5.74) is 2.12. The molecule has 1 aliphatic rings. The summed E-state index contributed by atoms with van der Waals surface area (Å²) in [7, 11) is 0. The summed E-state index contributed by atoms with van der Waals surface area (Å²) in [5.74, 6) is 0.418. The fourth-order valence-electron chi connectivity index (χ4n) is 3.79. The molecule has 1 aliphatic carbocycles. The zero-order chi connectivity index (χ0) is 24.7. The van der Waals surface area contributed by atoms with Crippen LogP contribution in [-0.2, 0) is 17.9 Å². The van der Waals surface area contributed by atoms with Gasteiger partial charge in [0.1, 0.15) is 17.4 Å². The third-order valence-corrected chi connectivity index (χ3v) is 6.37. The van der Waals surface area contributed by atoms with E-state index < -0.39 is 11.4 Å². The average Bonchev–Trinajstić information content (AvgIpc) is 3.68. The molecule has 0 aliphatic heterocycles. The molecule has 0 radical (unpaired) electrons. The molecule has 180 valence electrons. The number of nitrogens with two attached hydrogens (primary N) is 1. The minimum atomic E-state index is -1.61. The van der Waals surface area contributed by atoms with Gasteiger partial charge in [-0.05, 0) is 38.8 Å². The second kappa shape index (κ2) is 9.17. The second-order valence-electron chi connectivity index (χ2n) is 8.50. The molecule has 4 aromatic rings. The Morgan fingerprint density at radius 1 is 1.20 bits per heavy atom. The van der Waals surface area contributed by atoms with E-state index in [1.54, 1.807) is 12.1 Å². The van der Waals surface area contributed by atoms with E-state index in [1.165, 1.54) is 23.3 Å². The first kappa shape index (κ1) is 23.1. The quantitative estimate of drug-likeness (QED) is 0.319. The predicted octanol–water partition coefficient (Wildman–Crippen LogP) is 1.80. The van der Waals surface area contributed by atoms with Crippen molar-refractivity contribution in [3.8, 4) is 17.3 Å². The molecule has 4 N–H and O–H groups in total. The van der Waals surface area contributed by atoms with Crippen LogP contribution in [0.1, 0.15) is 50.0 Å². The van der Waals surface area contributed by atoms with Crippen molar-refractivity contribution in [2.45, 2.75) is 50.1 Å². The topological polar surface area (TPSA) is 181 Å². The Morgan fingerprint density at radius 3 is 2.66 bits per heavy atom. The van der Waals surface area contributed by atoms with Gasteiger partial charge in [0, 0.05) is 12.0 Å². The van der Waals surface area contributed by atoms with Crippen LogP contribution in [0.15, 0.2) is 40.5 Å². The molecule has 4 heterocycles. The van der Waals surface area contributed by atoms with Crippen LogP contribution >= 0.6 is 0 Å². The van der Waals surface area contributed by atoms with Gasteiger partial charge < -0.3 is 15.0 Å². The van der Waals surface area contributed by atoms with Gasteiger partial charge in [0.2, 0.25) is 5.88 Å². The Morgan fingerprint density at radius 2 is 2.00 bits per heavy atom. The minimum Gasteiger partial charge on any atom is -0.593 e. The van der Waals surface area contributed by atoms with Crippen LogP contribution in [0.3, 0.4) is 0 Å². The number of rotatable bonds is 7. The molecule has 4 aromatic heterocycles. The van der Waals surface area contributed by atoms with Gasteiger partial charge in [-0.25, -0.2) is 24.9 Å². The van der Waals surface area contributed by atoms with Crippen molar-refractivity contribution < 1.29 is 9.66 Å². The number of pyridine rings is 1. The van der Waals surface area contributed by atoms with Gasteiger partial charge in [-0.1, -0.05) is 0 Å². The third kappa shape index (κ3) is 4.52. The van der Waals surface area contributed by atoms with Crippen molar-refractivity contribution in [2.75, 3.05) is 5.32 Å². The number of aromatic hydroxyl groups is 1. The van der Waals surface area contributed by atoms with Gasteiger partial charge in [-0.2, -0.15) is 0 Å². The van der Waals surface area contributed by atoms with E-state index in [0.29, 0.717) is 33.0 Å². The summed E-state index contributed by atoms with van der Waals surface area (Å²) in [4.78, 5) is 39.7. The lowest BCUT2D eigenvalue weighted by Gasteiger charge is -2.16. The molecule has 1 unspecified atom stereocenters. The molecule has 0 aromatic carbocycles. The lowest BCUT2D eigenvalue weighted by atomic mass is 10.1. The summed E-state index contributed by atoms with van der Waals surface area (Å²) in [6.45, 7) is 3.97. The molecule has 0 saturated heterocycles. The maximum atomic E-state index is 13.3. The summed E-state index contributed by atoms with van der Waals surface area (Å²) in [5, 5.41) is 18.8. The predicted molar refractivity (Wildman–Crippen MR) is 129 cm³/mol. The number of aromatic nitrogens is 7. The van der Waals surface area contributed by atoms with Crippen molar-refractivity contribution in [2.24, 2.45) is 5.14 Å². The maximum Gasteiger partial charge on any atom is 0.295 e. The number of nitrogens with zero attached hydrogens (tertiary/aromatic N) is 7. The molecular formula is C22H23N9O3S. The number of nitrogens with one attached hydrogen (secondary N) is 1. The number of fused-ring (bicyclic) bond motifs is 1. The summed E-state index contributed by atoms with van der Waals surface area (Å²) in [6.07, 6.45) is 6.24. The average molecular weight is 494 g/mol. The molecule has 35 heavy (non-hydrogen) atoms. The normalized spacial score (nSPS) is 14.4. The van der Waals surface area contributed by atoms with Gasteiger partial charge in [-0.15, -0.1) is 5.14 Å². The van der Waals surface area contributed by atoms with Crippen LogP contribution in [-0.4, -0.2) is 44.1 Å². The highest BCUT2D eigenvalue weighted by Gasteiger charge is 2.31. The standard InChI is InChI=1S/C22H23N9O3S/c1-11(2)31-20-15(9-26-18(30-20)16-17(12-3-4-12)27-10-28-21(16)32)29-19(22(31)33)25-7-13-5-6-14(8-24-13)35(23)34/h5-6,8-12H,3-4,7,23H2,1-2H3,(H,25,29)(H,27,28,32). The number of hydrogen-bond donors (Lipinski definition) is 3. The SMILES string of the molecule is CC(C)n1c(=O)c(NCc2ccc([S+](N)[O-])cn2)nc2cnc(-c3c(O)ncnc3C3CC3)nc21. The fraction of sp³-hybridized carbons (Fsp3) is 0.318. The van der Waals surface area contributed by atoms with Crippen LogP contribution in [0.2, 0.25) is 0 Å². The second-order valence-corrected chi connectivity index (χ2v) is 9.57. The molecular weight excluding hydrogens is 470 g/mol. The van der Waals surface area contributed by atoms with Crippen LogP contribution in [0, 0.1) is 0 Å². The van der Waals surface area contributed by atoms with Crippen molar-refractivity contribution in [3.63, 3.8) is 0 Å². The maximum absolute atomic E-state index is 13.3. The fourth-order valence-corrected chi connectivity index (χ4v) is 4.15. The largest absolute Gasteiger partial charge is 0.593 e. The molecule has 1 saturated carbocycles.